The Morgan fingerprint density at radius 1 is 1.26 bits per heavy atom. The van der Waals surface area contributed by atoms with Gasteiger partial charge in [-0.15, -0.1) is 0 Å². The molecule has 23 heavy (non-hydrogen) atoms. The summed E-state index contributed by atoms with van der Waals surface area (Å²) in [5, 5.41) is 5.72. The van der Waals surface area contributed by atoms with Crippen molar-refractivity contribution in [3.63, 3.8) is 0 Å². The van der Waals surface area contributed by atoms with Crippen molar-refractivity contribution in [2.75, 3.05) is 32.6 Å². The highest BCUT2D eigenvalue weighted by molar-refractivity contribution is 5.91. The van der Waals surface area contributed by atoms with Crippen LogP contribution in [0.25, 0.3) is 0 Å². The van der Waals surface area contributed by atoms with Crippen LogP contribution in [0.1, 0.15) is 12.8 Å². The Bertz CT molecular complexity index is 597. The van der Waals surface area contributed by atoms with Crippen LogP contribution in [0.15, 0.2) is 18.2 Å². The largest absolute Gasteiger partial charge is 0.497 e. The summed E-state index contributed by atoms with van der Waals surface area (Å²) in [6, 6.07) is 4.95. The minimum Gasteiger partial charge on any atom is -0.497 e. The maximum atomic E-state index is 12.6. The number of ether oxygens (including phenoxy) is 2. The van der Waals surface area contributed by atoms with Crippen LogP contribution >= 0.6 is 0 Å². The topological polar surface area (TPSA) is 79.9 Å². The van der Waals surface area contributed by atoms with Gasteiger partial charge in [0.15, 0.2) is 0 Å². The summed E-state index contributed by atoms with van der Waals surface area (Å²) < 4.78 is 10.4. The summed E-state index contributed by atoms with van der Waals surface area (Å²) in [5.74, 6) is 1.17. The number of amides is 3. The number of fused-ring (bicyclic) bond motifs is 1. The normalized spacial score (nSPS) is 23.0. The minimum absolute atomic E-state index is 0.0514. The third-order valence-corrected chi connectivity index (χ3v) is 4.46. The number of nitrogens with one attached hydrogen (secondary N) is 2. The van der Waals surface area contributed by atoms with E-state index >= 15 is 0 Å². The van der Waals surface area contributed by atoms with Gasteiger partial charge in [0.05, 0.1) is 26.2 Å². The zero-order valence-corrected chi connectivity index (χ0v) is 13.3. The quantitative estimate of drug-likeness (QED) is 0.883. The molecule has 1 aromatic rings. The number of piperidine rings is 1. The van der Waals surface area contributed by atoms with E-state index in [4.69, 9.17) is 9.47 Å². The molecule has 0 bridgehead atoms. The van der Waals surface area contributed by atoms with E-state index in [0.29, 0.717) is 30.3 Å². The van der Waals surface area contributed by atoms with Gasteiger partial charge >= 0.3 is 6.03 Å². The molecule has 124 valence electrons. The first-order chi connectivity index (χ1) is 11.1. The highest BCUT2D eigenvalue weighted by Gasteiger charge is 2.42. The van der Waals surface area contributed by atoms with Gasteiger partial charge < -0.3 is 25.0 Å². The smallest absolute Gasteiger partial charge is 0.322 e. The first-order valence-electron chi connectivity index (χ1n) is 7.71. The first kappa shape index (κ1) is 15.5. The summed E-state index contributed by atoms with van der Waals surface area (Å²) in [5.41, 5.74) is 0.602. The molecule has 3 rings (SSSR count). The molecule has 2 heterocycles. The number of urea groups is 1. The number of carbonyl (C=O) groups excluding carboxylic acids is 2. The summed E-state index contributed by atoms with van der Waals surface area (Å²) in [6.07, 6.45) is 1.68. The van der Waals surface area contributed by atoms with E-state index < -0.39 is 0 Å². The van der Waals surface area contributed by atoms with Crippen molar-refractivity contribution in [1.82, 2.24) is 10.2 Å². The number of anilines is 1. The molecule has 0 aliphatic carbocycles. The molecule has 2 atom stereocenters. The van der Waals surface area contributed by atoms with Crippen LogP contribution in [0.4, 0.5) is 10.5 Å². The minimum atomic E-state index is -0.202. The molecule has 2 saturated heterocycles. The van der Waals surface area contributed by atoms with Crippen molar-refractivity contribution in [3.05, 3.63) is 18.2 Å². The first-order valence-corrected chi connectivity index (χ1v) is 7.71. The summed E-state index contributed by atoms with van der Waals surface area (Å²) >= 11 is 0. The summed E-state index contributed by atoms with van der Waals surface area (Å²) in [7, 11) is 3.12. The van der Waals surface area contributed by atoms with Crippen LogP contribution in [0, 0.1) is 5.92 Å². The van der Waals surface area contributed by atoms with E-state index in [1.165, 1.54) is 0 Å². The highest BCUT2D eigenvalue weighted by Crippen LogP contribution is 2.29. The molecular formula is C16H21N3O4. The molecule has 2 aliphatic heterocycles. The molecule has 1 aromatic carbocycles. The molecule has 0 aromatic heterocycles. The van der Waals surface area contributed by atoms with Crippen molar-refractivity contribution in [1.29, 1.82) is 0 Å². The fraction of sp³-hybridized carbons (Fsp3) is 0.500. The van der Waals surface area contributed by atoms with Crippen LogP contribution in [0.3, 0.4) is 0 Å². The lowest BCUT2D eigenvalue weighted by Gasteiger charge is -2.35. The van der Waals surface area contributed by atoms with Crippen LogP contribution in [-0.2, 0) is 4.79 Å². The van der Waals surface area contributed by atoms with Crippen LogP contribution in [-0.4, -0.2) is 50.2 Å². The molecule has 0 spiro atoms. The molecule has 2 N–H and O–H groups in total. The number of nitrogens with zero attached hydrogens (tertiary/aromatic N) is 1. The van der Waals surface area contributed by atoms with Crippen LogP contribution < -0.4 is 20.1 Å². The van der Waals surface area contributed by atoms with E-state index in [2.05, 4.69) is 10.6 Å². The van der Waals surface area contributed by atoms with E-state index in [9.17, 15) is 9.59 Å². The maximum absolute atomic E-state index is 12.6. The van der Waals surface area contributed by atoms with Crippen molar-refractivity contribution in [2.45, 2.75) is 18.9 Å². The molecule has 3 amide bonds. The summed E-state index contributed by atoms with van der Waals surface area (Å²) in [4.78, 5) is 26.2. The molecule has 2 fully saturated rings. The van der Waals surface area contributed by atoms with Gasteiger partial charge in [-0.05, 0) is 12.8 Å². The number of methoxy groups -OCH3 is 2. The summed E-state index contributed by atoms with van der Waals surface area (Å²) in [6.45, 7) is 1.18. The Hall–Kier alpha value is -2.44. The second-order valence-electron chi connectivity index (χ2n) is 5.79. The van der Waals surface area contributed by atoms with Gasteiger partial charge in [0, 0.05) is 37.0 Å². The molecule has 2 unspecified atom stereocenters. The Labute approximate surface area is 134 Å². The van der Waals surface area contributed by atoms with Crippen molar-refractivity contribution in [2.24, 2.45) is 5.92 Å². The van der Waals surface area contributed by atoms with Crippen molar-refractivity contribution in [3.8, 4) is 11.5 Å². The lowest BCUT2D eigenvalue weighted by Crippen LogP contribution is -2.50. The fourth-order valence-electron chi connectivity index (χ4n) is 3.28. The lowest BCUT2D eigenvalue weighted by atomic mass is 9.92. The van der Waals surface area contributed by atoms with Crippen LogP contribution in [0.5, 0.6) is 11.5 Å². The van der Waals surface area contributed by atoms with Crippen molar-refractivity contribution >= 4 is 17.6 Å². The molecule has 2 aliphatic rings. The predicted octanol–water partition coefficient (Wildman–Crippen LogP) is 1.45. The van der Waals surface area contributed by atoms with Gasteiger partial charge in [-0.25, -0.2) is 4.79 Å². The number of benzene rings is 1. The zero-order valence-electron chi connectivity index (χ0n) is 13.3. The Morgan fingerprint density at radius 3 is 2.61 bits per heavy atom. The Morgan fingerprint density at radius 2 is 1.96 bits per heavy atom. The van der Waals surface area contributed by atoms with E-state index in [0.717, 1.165) is 12.8 Å². The second-order valence-corrected chi connectivity index (χ2v) is 5.79. The second kappa shape index (κ2) is 6.36. The van der Waals surface area contributed by atoms with Gasteiger partial charge in [-0.1, -0.05) is 0 Å². The van der Waals surface area contributed by atoms with Gasteiger partial charge in [0.2, 0.25) is 5.91 Å². The average Bonchev–Trinajstić information content (AvgIpc) is 2.95. The average molecular weight is 319 g/mol. The molecule has 7 heteroatoms. The SMILES string of the molecule is COc1cc(NC(=O)N2CCCC3C(=O)NCC32)cc(OC)c1. The predicted molar refractivity (Wildman–Crippen MR) is 84.8 cm³/mol. The van der Waals surface area contributed by atoms with Gasteiger partial charge in [0.25, 0.3) is 0 Å². The van der Waals surface area contributed by atoms with E-state index in [1.54, 1.807) is 37.3 Å². The maximum Gasteiger partial charge on any atom is 0.322 e. The van der Waals surface area contributed by atoms with Gasteiger partial charge in [-0.2, -0.15) is 0 Å². The van der Waals surface area contributed by atoms with Gasteiger partial charge in [-0.3, -0.25) is 4.79 Å². The lowest BCUT2D eigenvalue weighted by molar-refractivity contribution is -0.123. The van der Waals surface area contributed by atoms with E-state index in [1.807, 2.05) is 0 Å². The zero-order chi connectivity index (χ0) is 16.4. The Balaban J connectivity index is 1.75. The Kier molecular flexibility index (Phi) is 4.27. The number of carbonyl (C=O) groups is 2. The van der Waals surface area contributed by atoms with Crippen LogP contribution in [0.2, 0.25) is 0 Å². The van der Waals surface area contributed by atoms with E-state index in [-0.39, 0.29) is 23.9 Å². The highest BCUT2D eigenvalue weighted by atomic mass is 16.5. The molecule has 7 nitrogen and oxygen atoms in total. The number of rotatable bonds is 3. The number of hydrogen-bond acceptors (Lipinski definition) is 4. The third-order valence-electron chi connectivity index (χ3n) is 4.46. The van der Waals surface area contributed by atoms with Crippen molar-refractivity contribution < 1.29 is 19.1 Å². The molecular weight excluding hydrogens is 298 g/mol. The van der Waals surface area contributed by atoms with Gasteiger partial charge in [0.1, 0.15) is 11.5 Å². The molecule has 0 saturated carbocycles. The third kappa shape index (κ3) is 3.04. The monoisotopic (exact) mass is 319 g/mol. The fourth-order valence-corrected chi connectivity index (χ4v) is 3.28. The molecule has 0 radical (unpaired) electrons. The standard InChI is InChI=1S/C16H21N3O4/c1-22-11-6-10(7-12(8-11)23-2)18-16(21)19-5-3-4-13-14(19)9-17-15(13)20/h6-8,13-14H,3-5,9H2,1-2H3,(H,17,20)(H,18,21). The number of hydrogen-bond donors (Lipinski definition) is 2. The number of likely N-dealkylation sites (tertiary alicyclic amines) is 1.